The Morgan fingerprint density at radius 1 is 1.32 bits per heavy atom. The molecule has 4 N–H and O–H groups in total. The summed E-state index contributed by atoms with van der Waals surface area (Å²) in [6.45, 7) is 1.05. The normalized spacial score (nSPS) is 15.8. The van der Waals surface area contributed by atoms with Gasteiger partial charge in [-0.15, -0.1) is 0 Å². The van der Waals surface area contributed by atoms with Crippen molar-refractivity contribution in [2.75, 3.05) is 13.2 Å². The monoisotopic (exact) mass is 551 g/mol. The number of amidine groups is 1. The summed E-state index contributed by atoms with van der Waals surface area (Å²) in [5.41, 5.74) is 2.19. The molecule has 1 fully saturated rings. The second-order valence-corrected chi connectivity index (χ2v) is 7.65. The summed E-state index contributed by atoms with van der Waals surface area (Å²) in [6, 6.07) is 11.8. The van der Waals surface area contributed by atoms with Crippen LogP contribution in [0.5, 0.6) is 0 Å². The van der Waals surface area contributed by atoms with Gasteiger partial charge in [-0.25, -0.2) is 0 Å². The summed E-state index contributed by atoms with van der Waals surface area (Å²) < 4.78 is 6.14. The van der Waals surface area contributed by atoms with Crippen molar-refractivity contribution in [2.24, 2.45) is 21.8 Å². The Morgan fingerprint density at radius 3 is 2.60 bits per heavy atom. The average Bonchev–Trinajstić information content (AvgIpc) is 2.56. The molecule has 1 aromatic carbocycles. The van der Waals surface area contributed by atoms with Crippen LogP contribution in [0.3, 0.4) is 0 Å². The predicted molar refractivity (Wildman–Crippen MR) is 99.0 cm³/mol. The summed E-state index contributed by atoms with van der Waals surface area (Å²) in [5.74, 6) is 11.9. The maximum absolute atomic E-state index is 6.37. The number of hydrogen-bond acceptors (Lipinski definition) is 6. The Labute approximate surface area is 166 Å². The minimum absolute atomic E-state index is 0.0178. The van der Waals surface area contributed by atoms with Gasteiger partial charge in [0.2, 0.25) is 0 Å². The van der Waals surface area contributed by atoms with Crippen molar-refractivity contribution in [1.82, 2.24) is 9.99 Å². The molecule has 0 saturated carbocycles. The van der Waals surface area contributed by atoms with Crippen LogP contribution in [-0.2, 0) is 4.74 Å². The molecule has 1 aliphatic rings. The van der Waals surface area contributed by atoms with E-state index in [2.05, 4.69) is 15.1 Å². The SMILES string of the molecule is N/N=C(/c1ncc(N=[C]([Pb])c2ccccc2)cc1Cl)N(N)C1COC1. The van der Waals surface area contributed by atoms with E-state index < -0.39 is 0 Å². The molecule has 127 valence electrons. The summed E-state index contributed by atoms with van der Waals surface area (Å²) in [6.07, 6.45) is 1.64. The van der Waals surface area contributed by atoms with Gasteiger partial charge < -0.3 is 0 Å². The van der Waals surface area contributed by atoms with E-state index in [9.17, 15) is 0 Å². The van der Waals surface area contributed by atoms with Gasteiger partial charge in [0.15, 0.2) is 0 Å². The van der Waals surface area contributed by atoms with Gasteiger partial charge in [-0.1, -0.05) is 0 Å². The first-order chi connectivity index (χ1) is 12.1. The molecule has 7 nitrogen and oxygen atoms in total. The molecule has 0 aliphatic carbocycles. The van der Waals surface area contributed by atoms with Crippen LogP contribution in [-0.4, -0.2) is 64.1 Å². The van der Waals surface area contributed by atoms with Gasteiger partial charge in [0.1, 0.15) is 0 Å². The molecular formula is C16H16ClN6OPb. The van der Waals surface area contributed by atoms with E-state index in [1.165, 1.54) is 5.01 Å². The molecule has 0 bridgehead atoms. The van der Waals surface area contributed by atoms with E-state index in [0.29, 0.717) is 35.5 Å². The second kappa shape index (κ2) is 8.21. The maximum atomic E-state index is 6.37. The third-order valence-corrected chi connectivity index (χ3v) is 5.55. The molecule has 1 aliphatic heterocycles. The van der Waals surface area contributed by atoms with Crippen molar-refractivity contribution < 1.29 is 4.74 Å². The van der Waals surface area contributed by atoms with E-state index in [0.717, 1.165) is 34.6 Å². The molecule has 0 amide bonds. The topological polar surface area (TPSA) is 102 Å². The molecule has 0 unspecified atom stereocenters. The molecule has 0 atom stereocenters. The molecule has 2 heterocycles. The Kier molecular flexibility index (Phi) is 5.99. The summed E-state index contributed by atoms with van der Waals surface area (Å²) in [5, 5.41) is 5.59. The zero-order chi connectivity index (χ0) is 17.8. The standard InChI is InChI=1S/C16H16ClN6O.Pb/c17-14-6-12(20-7-11-4-2-1-3-5-11)8-21-15(14)16(22-18)23(19)13-9-24-10-13;/h1-6,8,13H,9-10,18-19H2;/b20-7?,22-16-;. The van der Waals surface area contributed by atoms with Gasteiger partial charge in [-0.2, -0.15) is 0 Å². The van der Waals surface area contributed by atoms with Crippen molar-refractivity contribution in [1.29, 1.82) is 0 Å². The fraction of sp³-hybridized carbons (Fsp3) is 0.188. The second-order valence-electron chi connectivity index (χ2n) is 5.40. The van der Waals surface area contributed by atoms with Crippen LogP contribution in [0, 0.1) is 0 Å². The number of benzene rings is 1. The number of hydrazone groups is 1. The van der Waals surface area contributed by atoms with Crippen LogP contribution < -0.4 is 11.7 Å². The number of nitrogens with zero attached hydrogens (tertiary/aromatic N) is 4. The third-order valence-electron chi connectivity index (χ3n) is 3.71. The number of aromatic nitrogens is 1. The fourth-order valence-corrected chi connectivity index (χ4v) is 3.64. The Morgan fingerprint density at radius 2 is 2.04 bits per heavy atom. The fourth-order valence-electron chi connectivity index (χ4n) is 2.25. The third kappa shape index (κ3) is 4.17. The molecule has 0 spiro atoms. The van der Waals surface area contributed by atoms with E-state index in [1.807, 2.05) is 30.3 Å². The predicted octanol–water partition coefficient (Wildman–Crippen LogP) is 1.18. The number of ether oxygens (including phenoxy) is 1. The van der Waals surface area contributed by atoms with Crippen molar-refractivity contribution in [3.05, 3.63) is 58.9 Å². The first-order valence-corrected chi connectivity index (χ1v) is 9.83. The van der Waals surface area contributed by atoms with E-state index >= 15 is 0 Å². The molecule has 1 saturated heterocycles. The van der Waals surface area contributed by atoms with Crippen LogP contribution >= 0.6 is 11.6 Å². The number of hydrogen-bond donors (Lipinski definition) is 2. The van der Waals surface area contributed by atoms with E-state index in [-0.39, 0.29) is 6.04 Å². The van der Waals surface area contributed by atoms with Crippen molar-refractivity contribution in [2.45, 2.75) is 6.04 Å². The number of nitrogens with two attached hydrogens (primary N) is 2. The van der Waals surface area contributed by atoms with Crippen molar-refractivity contribution >= 4 is 52.2 Å². The van der Waals surface area contributed by atoms with Crippen LogP contribution in [0.2, 0.25) is 5.02 Å². The Hall–Kier alpha value is -1.56. The molecule has 9 heteroatoms. The average molecular weight is 551 g/mol. The van der Waals surface area contributed by atoms with Crippen molar-refractivity contribution in [3.8, 4) is 0 Å². The molecule has 2 aromatic rings. The van der Waals surface area contributed by atoms with Crippen LogP contribution in [0.25, 0.3) is 0 Å². The number of pyridine rings is 1. The Bertz CT molecular complexity index is 810. The number of aliphatic imine (C=N–C) groups is 1. The molecule has 3 rings (SSSR count). The van der Waals surface area contributed by atoms with Gasteiger partial charge >= 0.3 is 167 Å². The van der Waals surface area contributed by atoms with Gasteiger partial charge in [0, 0.05) is 0 Å². The zero-order valence-electron chi connectivity index (χ0n) is 13.3. The first kappa shape index (κ1) is 18.2. The van der Waals surface area contributed by atoms with Crippen LogP contribution in [0.4, 0.5) is 5.69 Å². The van der Waals surface area contributed by atoms with Gasteiger partial charge in [0.25, 0.3) is 0 Å². The first-order valence-electron chi connectivity index (χ1n) is 7.51. The number of rotatable bonds is 4. The zero-order valence-corrected chi connectivity index (χ0v) is 17.9. The van der Waals surface area contributed by atoms with E-state index in [1.54, 1.807) is 12.3 Å². The van der Waals surface area contributed by atoms with Crippen LogP contribution in [0.1, 0.15) is 11.3 Å². The van der Waals surface area contributed by atoms with E-state index in [4.69, 9.17) is 28.0 Å². The molecule has 1 aromatic heterocycles. The van der Waals surface area contributed by atoms with Gasteiger partial charge in [-0.05, 0) is 0 Å². The summed E-state index contributed by atoms with van der Waals surface area (Å²) in [7, 11) is 0. The molecule has 3 radical (unpaired) electrons. The van der Waals surface area contributed by atoms with Gasteiger partial charge in [0.05, 0.1) is 0 Å². The van der Waals surface area contributed by atoms with Crippen LogP contribution in [0.15, 0.2) is 52.7 Å². The summed E-state index contributed by atoms with van der Waals surface area (Å²) >= 11 is 7.17. The summed E-state index contributed by atoms with van der Waals surface area (Å²) in [4.78, 5) is 8.98. The molecule has 25 heavy (non-hydrogen) atoms. The quantitative estimate of drug-likeness (QED) is 0.196. The van der Waals surface area contributed by atoms with Gasteiger partial charge in [-0.3, -0.25) is 0 Å². The van der Waals surface area contributed by atoms with Crippen molar-refractivity contribution in [3.63, 3.8) is 0 Å². The number of halogens is 1. The molecular weight excluding hydrogens is 535 g/mol. The number of hydrazine groups is 1. The Balaban J connectivity index is 1.85. The minimum atomic E-state index is 0.0178.